The molecule has 0 fully saturated rings. The number of nitrogens with one attached hydrogen (secondary N) is 2. The van der Waals surface area contributed by atoms with Crippen LogP contribution in [0.15, 0.2) is 34.9 Å². The van der Waals surface area contributed by atoms with Crippen molar-refractivity contribution in [1.29, 1.82) is 0 Å². The Morgan fingerprint density at radius 1 is 1.27 bits per heavy atom. The van der Waals surface area contributed by atoms with Crippen LogP contribution < -0.4 is 10.6 Å². The summed E-state index contributed by atoms with van der Waals surface area (Å²) in [7, 11) is 0. The molecule has 8 heteroatoms. The molecule has 112 valence electrons. The van der Waals surface area contributed by atoms with Crippen molar-refractivity contribution in [3.05, 3.63) is 50.6 Å². The number of aromatic nitrogens is 1. The minimum Gasteiger partial charge on any atom is -0.354 e. The Labute approximate surface area is 134 Å². The van der Waals surface area contributed by atoms with E-state index in [4.69, 9.17) is 0 Å². The van der Waals surface area contributed by atoms with Crippen molar-refractivity contribution in [2.24, 2.45) is 0 Å². The Balaban J connectivity index is 1.93. The molecule has 22 heavy (non-hydrogen) atoms. The first-order chi connectivity index (χ1) is 10.5. The van der Waals surface area contributed by atoms with E-state index in [0.29, 0.717) is 28.8 Å². The summed E-state index contributed by atoms with van der Waals surface area (Å²) >= 11 is 3.33. The molecule has 1 aromatic heterocycles. The zero-order valence-corrected chi connectivity index (χ0v) is 12.9. The van der Waals surface area contributed by atoms with Gasteiger partial charge in [0, 0.05) is 40.5 Å². The van der Waals surface area contributed by atoms with Crippen molar-refractivity contribution >= 4 is 44.7 Å². The minimum absolute atomic E-state index is 0.0152. The number of nitro groups is 1. The molecule has 0 radical (unpaired) electrons. The second-order valence-electron chi connectivity index (χ2n) is 4.78. The highest BCUT2D eigenvalue weighted by Gasteiger charge is 2.19. The van der Waals surface area contributed by atoms with Crippen LogP contribution in [0.4, 0.5) is 22.9 Å². The van der Waals surface area contributed by atoms with Crippen LogP contribution in [0.3, 0.4) is 0 Å². The number of fused-ring (bicyclic) bond motifs is 1. The Morgan fingerprint density at radius 2 is 2.09 bits per heavy atom. The van der Waals surface area contributed by atoms with Gasteiger partial charge >= 0.3 is 0 Å². The highest BCUT2D eigenvalue weighted by molar-refractivity contribution is 9.10. The molecule has 0 unspecified atom stereocenters. The first-order valence-corrected chi connectivity index (χ1v) is 7.32. The largest absolute Gasteiger partial charge is 0.354 e. The molecule has 1 aliphatic heterocycles. The highest BCUT2D eigenvalue weighted by Crippen LogP contribution is 2.33. The second kappa shape index (κ2) is 5.72. The SMILES string of the molecule is O=C1CCc2c(Nc3ccc([N+](=O)[O-])cc3Br)ccnc2N1. The summed E-state index contributed by atoms with van der Waals surface area (Å²) in [5, 5.41) is 16.7. The van der Waals surface area contributed by atoms with Gasteiger partial charge in [-0.15, -0.1) is 0 Å². The van der Waals surface area contributed by atoms with Crippen molar-refractivity contribution < 1.29 is 9.72 Å². The fraction of sp³-hybridized carbons (Fsp3) is 0.143. The van der Waals surface area contributed by atoms with E-state index in [2.05, 4.69) is 31.5 Å². The molecule has 1 aliphatic rings. The lowest BCUT2D eigenvalue weighted by atomic mass is 10.0. The maximum atomic E-state index is 11.4. The molecule has 2 N–H and O–H groups in total. The molecule has 0 atom stereocenters. The Bertz CT molecular complexity index is 779. The fourth-order valence-corrected chi connectivity index (χ4v) is 2.73. The number of nitrogens with zero attached hydrogens (tertiary/aromatic N) is 2. The summed E-state index contributed by atoms with van der Waals surface area (Å²) in [5.74, 6) is 0.507. The van der Waals surface area contributed by atoms with E-state index in [9.17, 15) is 14.9 Å². The van der Waals surface area contributed by atoms with Crippen molar-refractivity contribution in [1.82, 2.24) is 4.98 Å². The summed E-state index contributed by atoms with van der Waals surface area (Å²) < 4.78 is 0.590. The van der Waals surface area contributed by atoms with Crippen LogP contribution in [0.2, 0.25) is 0 Å². The maximum Gasteiger partial charge on any atom is 0.270 e. The zero-order chi connectivity index (χ0) is 15.7. The Morgan fingerprint density at radius 3 is 2.82 bits per heavy atom. The van der Waals surface area contributed by atoms with E-state index in [1.54, 1.807) is 12.3 Å². The zero-order valence-electron chi connectivity index (χ0n) is 11.3. The summed E-state index contributed by atoms with van der Waals surface area (Å²) in [5.41, 5.74) is 2.46. The smallest absolute Gasteiger partial charge is 0.270 e. The number of non-ortho nitro benzene ring substituents is 1. The first-order valence-electron chi connectivity index (χ1n) is 6.53. The summed E-state index contributed by atoms with van der Waals surface area (Å²) in [4.78, 5) is 25.9. The molecule has 0 aliphatic carbocycles. The lowest BCUT2D eigenvalue weighted by molar-refractivity contribution is -0.384. The number of carbonyl (C=O) groups is 1. The molecule has 2 heterocycles. The number of hydrogen-bond donors (Lipinski definition) is 2. The van der Waals surface area contributed by atoms with Crippen LogP contribution in [0.25, 0.3) is 0 Å². The third-order valence-electron chi connectivity index (χ3n) is 3.35. The Hall–Kier alpha value is -2.48. The second-order valence-corrected chi connectivity index (χ2v) is 5.63. The van der Waals surface area contributed by atoms with Crippen LogP contribution in [0.5, 0.6) is 0 Å². The van der Waals surface area contributed by atoms with E-state index >= 15 is 0 Å². The predicted octanol–water partition coefficient (Wildman–Crippen LogP) is 3.38. The maximum absolute atomic E-state index is 11.4. The average Bonchev–Trinajstić information content (AvgIpc) is 2.49. The van der Waals surface area contributed by atoms with Crippen LogP contribution in [-0.2, 0) is 11.2 Å². The van der Waals surface area contributed by atoms with Crippen molar-refractivity contribution in [2.75, 3.05) is 10.6 Å². The molecule has 2 aromatic rings. The van der Waals surface area contributed by atoms with Gasteiger partial charge in [0.15, 0.2) is 0 Å². The molecule has 7 nitrogen and oxygen atoms in total. The van der Waals surface area contributed by atoms with Crippen LogP contribution in [0.1, 0.15) is 12.0 Å². The van der Waals surface area contributed by atoms with Gasteiger partial charge in [0.05, 0.1) is 10.6 Å². The molecule has 0 bridgehead atoms. The number of benzene rings is 1. The number of rotatable bonds is 3. The molecular weight excluding hydrogens is 352 g/mol. The summed E-state index contributed by atoms with van der Waals surface area (Å²) in [6, 6.07) is 6.32. The van der Waals surface area contributed by atoms with Gasteiger partial charge in [0.25, 0.3) is 5.69 Å². The van der Waals surface area contributed by atoms with E-state index in [-0.39, 0.29) is 11.6 Å². The van der Waals surface area contributed by atoms with Gasteiger partial charge in [0.1, 0.15) is 5.82 Å². The molecule has 0 spiro atoms. The third kappa shape index (κ3) is 2.77. The third-order valence-corrected chi connectivity index (χ3v) is 4.00. The monoisotopic (exact) mass is 362 g/mol. The van der Waals surface area contributed by atoms with Crippen molar-refractivity contribution in [2.45, 2.75) is 12.8 Å². The van der Waals surface area contributed by atoms with Gasteiger partial charge in [-0.05, 0) is 34.5 Å². The molecule has 1 amide bonds. The van der Waals surface area contributed by atoms with Gasteiger partial charge in [-0.25, -0.2) is 4.98 Å². The molecule has 3 rings (SSSR count). The lowest BCUT2D eigenvalue weighted by Gasteiger charge is -2.20. The molecule has 0 saturated carbocycles. The van der Waals surface area contributed by atoms with E-state index in [0.717, 1.165) is 11.3 Å². The fourth-order valence-electron chi connectivity index (χ4n) is 2.27. The first kappa shape index (κ1) is 14.5. The number of pyridine rings is 1. The molecule has 0 saturated heterocycles. The van der Waals surface area contributed by atoms with E-state index < -0.39 is 4.92 Å². The number of anilines is 3. The normalized spacial score (nSPS) is 13.2. The summed E-state index contributed by atoms with van der Waals surface area (Å²) in [6.45, 7) is 0. The van der Waals surface area contributed by atoms with Crippen LogP contribution >= 0.6 is 15.9 Å². The quantitative estimate of drug-likeness (QED) is 0.644. The van der Waals surface area contributed by atoms with Gasteiger partial charge in [-0.3, -0.25) is 14.9 Å². The van der Waals surface area contributed by atoms with E-state index in [1.165, 1.54) is 12.1 Å². The standard InChI is InChI=1S/C14H11BrN4O3/c15-10-7-8(19(21)22)1-3-12(10)17-11-5-6-16-14-9(11)2-4-13(20)18-14/h1,3,5-7H,2,4H2,(H2,16,17,18,20). The van der Waals surface area contributed by atoms with E-state index in [1.807, 2.05) is 6.07 Å². The molecule has 1 aromatic carbocycles. The van der Waals surface area contributed by atoms with Crippen molar-refractivity contribution in [3.8, 4) is 0 Å². The number of halogens is 1. The minimum atomic E-state index is -0.446. The number of amides is 1. The highest BCUT2D eigenvalue weighted by atomic mass is 79.9. The lowest BCUT2D eigenvalue weighted by Crippen LogP contribution is -2.20. The van der Waals surface area contributed by atoms with Crippen molar-refractivity contribution in [3.63, 3.8) is 0 Å². The number of nitro benzene ring substituents is 1. The van der Waals surface area contributed by atoms with Crippen LogP contribution in [0, 0.1) is 10.1 Å². The number of carbonyl (C=O) groups excluding carboxylic acids is 1. The average molecular weight is 363 g/mol. The van der Waals surface area contributed by atoms with Gasteiger partial charge in [0.2, 0.25) is 5.91 Å². The van der Waals surface area contributed by atoms with Gasteiger partial charge in [-0.1, -0.05) is 0 Å². The van der Waals surface area contributed by atoms with Crippen LogP contribution in [-0.4, -0.2) is 15.8 Å². The number of hydrogen-bond acceptors (Lipinski definition) is 5. The summed E-state index contributed by atoms with van der Waals surface area (Å²) in [6.07, 6.45) is 2.61. The van der Waals surface area contributed by atoms with Gasteiger partial charge in [-0.2, -0.15) is 0 Å². The molecular formula is C14H11BrN4O3. The van der Waals surface area contributed by atoms with Gasteiger partial charge < -0.3 is 10.6 Å². The Kier molecular flexibility index (Phi) is 3.76. The topological polar surface area (TPSA) is 97.2 Å². The predicted molar refractivity (Wildman–Crippen MR) is 85.3 cm³/mol.